The molecule has 1 atom stereocenters. The second kappa shape index (κ2) is 10.7. The van der Waals surface area contributed by atoms with Crippen molar-refractivity contribution in [3.63, 3.8) is 0 Å². The van der Waals surface area contributed by atoms with Gasteiger partial charge in [0.05, 0.1) is 5.92 Å². The molecule has 0 fully saturated rings. The molecule has 0 saturated heterocycles. The lowest BCUT2D eigenvalue weighted by molar-refractivity contribution is -0.153. The van der Waals surface area contributed by atoms with Crippen molar-refractivity contribution in [2.24, 2.45) is 5.92 Å². The van der Waals surface area contributed by atoms with Crippen LogP contribution in [-0.2, 0) is 23.9 Å². The van der Waals surface area contributed by atoms with Crippen LogP contribution in [0.25, 0.3) is 0 Å². The summed E-state index contributed by atoms with van der Waals surface area (Å²) < 4.78 is 9.09. The highest BCUT2D eigenvalue weighted by Gasteiger charge is 2.15. The first-order valence-corrected chi connectivity index (χ1v) is 6.35. The van der Waals surface area contributed by atoms with Gasteiger partial charge in [-0.05, 0) is 6.42 Å². The van der Waals surface area contributed by atoms with Crippen molar-refractivity contribution in [2.45, 2.75) is 46.0 Å². The van der Waals surface area contributed by atoms with Crippen LogP contribution in [0.3, 0.4) is 0 Å². The third kappa shape index (κ3) is 8.73. The van der Waals surface area contributed by atoms with Crippen molar-refractivity contribution in [1.82, 2.24) is 0 Å². The van der Waals surface area contributed by atoms with Crippen LogP contribution < -0.4 is 0 Å². The van der Waals surface area contributed by atoms with Crippen LogP contribution in [0.1, 0.15) is 46.0 Å². The van der Waals surface area contributed by atoms with E-state index in [9.17, 15) is 14.4 Å². The molecule has 0 aromatic carbocycles. The van der Waals surface area contributed by atoms with Crippen LogP contribution >= 0.6 is 0 Å². The molecule has 18 heavy (non-hydrogen) atoms. The normalized spacial score (nSPS) is 11.7. The van der Waals surface area contributed by atoms with Gasteiger partial charge in [-0.3, -0.25) is 14.4 Å². The number of carbonyl (C=O) groups excluding carboxylic acids is 3. The summed E-state index contributed by atoms with van der Waals surface area (Å²) in [6.45, 7) is 3.44. The molecular formula is C13H22O5. The molecule has 0 aliphatic carbocycles. The van der Waals surface area contributed by atoms with E-state index in [1.54, 1.807) is 6.92 Å². The molecule has 104 valence electrons. The van der Waals surface area contributed by atoms with Crippen molar-refractivity contribution in [3.8, 4) is 0 Å². The number of Topliss-reactive ketones (excluding diaryl/α,β-unsaturated/α-hetero) is 1. The monoisotopic (exact) mass is 258 g/mol. The summed E-state index contributed by atoms with van der Waals surface area (Å²) in [5.41, 5.74) is 0. The van der Waals surface area contributed by atoms with Crippen LogP contribution in [0.15, 0.2) is 0 Å². The zero-order valence-corrected chi connectivity index (χ0v) is 11.1. The van der Waals surface area contributed by atoms with Gasteiger partial charge in [0.1, 0.15) is 0 Å². The SMILES string of the molecule is CCCCCCC(C)C(=O)OCC(=O)COC=O. The Morgan fingerprint density at radius 1 is 1.17 bits per heavy atom. The summed E-state index contributed by atoms with van der Waals surface area (Å²) in [6, 6.07) is 0. The third-order valence-electron chi connectivity index (χ3n) is 2.58. The molecule has 0 spiro atoms. The van der Waals surface area contributed by atoms with Gasteiger partial charge in [0.15, 0.2) is 13.2 Å². The second-order valence-electron chi connectivity index (χ2n) is 4.30. The Morgan fingerprint density at radius 3 is 2.50 bits per heavy atom. The van der Waals surface area contributed by atoms with Gasteiger partial charge in [0, 0.05) is 0 Å². The van der Waals surface area contributed by atoms with Gasteiger partial charge >= 0.3 is 5.97 Å². The fourth-order valence-corrected chi connectivity index (χ4v) is 1.46. The average Bonchev–Trinajstić information content (AvgIpc) is 2.38. The lowest BCUT2D eigenvalue weighted by atomic mass is 10.0. The molecule has 5 heteroatoms. The van der Waals surface area contributed by atoms with Gasteiger partial charge in [-0.1, -0.05) is 39.5 Å². The molecule has 0 rings (SSSR count). The van der Waals surface area contributed by atoms with Gasteiger partial charge in [0.25, 0.3) is 6.47 Å². The molecule has 0 bridgehead atoms. The number of hydrogen-bond acceptors (Lipinski definition) is 5. The van der Waals surface area contributed by atoms with E-state index < -0.39 is 5.78 Å². The van der Waals surface area contributed by atoms with Crippen molar-refractivity contribution in [2.75, 3.05) is 13.2 Å². The minimum absolute atomic E-state index is 0.191. The predicted octanol–water partition coefficient (Wildman–Crippen LogP) is 1.88. The number of ether oxygens (including phenoxy) is 2. The standard InChI is InChI=1S/C13H22O5/c1-3-4-5-6-7-11(2)13(16)18-9-12(15)8-17-10-14/h10-11H,3-9H2,1-2H3. The third-order valence-corrected chi connectivity index (χ3v) is 2.58. The maximum atomic E-state index is 11.5. The highest BCUT2D eigenvalue weighted by molar-refractivity contribution is 5.84. The Hall–Kier alpha value is -1.39. The molecule has 0 N–H and O–H groups in total. The molecule has 0 radical (unpaired) electrons. The number of unbranched alkanes of at least 4 members (excludes halogenated alkanes) is 3. The van der Waals surface area contributed by atoms with Crippen molar-refractivity contribution < 1.29 is 23.9 Å². The van der Waals surface area contributed by atoms with Crippen LogP contribution in [0.4, 0.5) is 0 Å². The molecule has 0 aliphatic rings. The van der Waals surface area contributed by atoms with E-state index in [1.807, 2.05) is 0 Å². The summed E-state index contributed by atoms with van der Waals surface area (Å²) in [5, 5.41) is 0. The summed E-state index contributed by atoms with van der Waals surface area (Å²) >= 11 is 0. The lowest BCUT2D eigenvalue weighted by Crippen LogP contribution is -2.22. The van der Waals surface area contributed by atoms with E-state index in [0.29, 0.717) is 0 Å². The van der Waals surface area contributed by atoms with E-state index in [0.717, 1.165) is 25.7 Å². The highest BCUT2D eigenvalue weighted by Crippen LogP contribution is 2.11. The molecule has 0 aromatic rings. The topological polar surface area (TPSA) is 69.7 Å². The first kappa shape index (κ1) is 16.6. The molecule has 1 unspecified atom stereocenters. The fourth-order valence-electron chi connectivity index (χ4n) is 1.46. The fraction of sp³-hybridized carbons (Fsp3) is 0.769. The summed E-state index contributed by atoms with van der Waals surface area (Å²) in [5.74, 6) is -0.985. The quantitative estimate of drug-likeness (QED) is 0.321. The number of hydrogen-bond donors (Lipinski definition) is 0. The molecule has 0 heterocycles. The Labute approximate surface area is 108 Å². The van der Waals surface area contributed by atoms with Gasteiger partial charge in [-0.25, -0.2) is 0 Å². The van der Waals surface area contributed by atoms with Crippen molar-refractivity contribution >= 4 is 18.2 Å². The maximum Gasteiger partial charge on any atom is 0.309 e. The summed E-state index contributed by atoms with van der Waals surface area (Å²) in [4.78, 5) is 32.4. The van der Waals surface area contributed by atoms with E-state index in [4.69, 9.17) is 4.74 Å². The first-order chi connectivity index (χ1) is 8.61. The van der Waals surface area contributed by atoms with Crippen LogP contribution in [0, 0.1) is 5.92 Å². The molecule has 0 aromatic heterocycles. The minimum atomic E-state index is -0.423. The smallest absolute Gasteiger partial charge is 0.309 e. The van der Waals surface area contributed by atoms with Crippen molar-refractivity contribution in [1.29, 1.82) is 0 Å². The molecule has 5 nitrogen and oxygen atoms in total. The Bertz CT molecular complexity index is 262. The van der Waals surface area contributed by atoms with Gasteiger partial charge in [-0.15, -0.1) is 0 Å². The molecule has 0 aliphatic heterocycles. The van der Waals surface area contributed by atoms with Gasteiger partial charge < -0.3 is 9.47 Å². The van der Waals surface area contributed by atoms with Crippen LogP contribution in [0.5, 0.6) is 0 Å². The van der Waals surface area contributed by atoms with Crippen LogP contribution in [-0.4, -0.2) is 31.4 Å². The Kier molecular flexibility index (Phi) is 9.91. The number of carbonyl (C=O) groups is 3. The van der Waals surface area contributed by atoms with Gasteiger partial charge in [0.2, 0.25) is 5.78 Å². The highest BCUT2D eigenvalue weighted by atomic mass is 16.5. The largest absolute Gasteiger partial charge is 0.460 e. The number of rotatable bonds is 11. The Balaban J connectivity index is 3.66. The van der Waals surface area contributed by atoms with E-state index in [1.165, 1.54) is 6.42 Å². The second-order valence-corrected chi connectivity index (χ2v) is 4.30. The zero-order chi connectivity index (χ0) is 13.8. The van der Waals surface area contributed by atoms with Crippen LogP contribution in [0.2, 0.25) is 0 Å². The van der Waals surface area contributed by atoms with E-state index in [2.05, 4.69) is 11.7 Å². The molecule has 0 saturated carbocycles. The average molecular weight is 258 g/mol. The van der Waals surface area contributed by atoms with Crippen molar-refractivity contribution in [3.05, 3.63) is 0 Å². The predicted molar refractivity (Wildman–Crippen MR) is 65.9 cm³/mol. The number of ketones is 1. The zero-order valence-electron chi connectivity index (χ0n) is 11.1. The first-order valence-electron chi connectivity index (χ1n) is 6.35. The molecular weight excluding hydrogens is 236 g/mol. The molecule has 0 amide bonds. The summed E-state index contributed by atoms with van der Waals surface area (Å²) in [6.07, 6.45) is 5.21. The lowest BCUT2D eigenvalue weighted by Gasteiger charge is -2.10. The summed E-state index contributed by atoms with van der Waals surface area (Å²) in [7, 11) is 0. The van der Waals surface area contributed by atoms with E-state index >= 15 is 0 Å². The maximum absolute atomic E-state index is 11.5. The Morgan fingerprint density at radius 2 is 1.89 bits per heavy atom. The van der Waals surface area contributed by atoms with E-state index in [-0.39, 0.29) is 31.6 Å². The number of esters is 1. The van der Waals surface area contributed by atoms with Gasteiger partial charge in [-0.2, -0.15) is 0 Å². The minimum Gasteiger partial charge on any atom is -0.460 e.